The first kappa shape index (κ1) is 26.0. The molecule has 6 nitrogen and oxygen atoms in total. The van der Waals surface area contributed by atoms with Crippen LogP contribution in [0.15, 0.2) is 23.1 Å². The van der Waals surface area contributed by atoms with E-state index in [0.29, 0.717) is 0 Å². The van der Waals surface area contributed by atoms with E-state index >= 15 is 0 Å². The van der Waals surface area contributed by atoms with Gasteiger partial charge in [0.25, 0.3) is 5.91 Å². The van der Waals surface area contributed by atoms with Gasteiger partial charge in [0.15, 0.2) is 0 Å². The van der Waals surface area contributed by atoms with Crippen LogP contribution in [0.5, 0.6) is 0 Å². The number of hydrogen-bond donors (Lipinski definition) is 2. The van der Waals surface area contributed by atoms with Crippen LogP contribution < -0.4 is 5.32 Å². The van der Waals surface area contributed by atoms with Gasteiger partial charge in [-0.3, -0.25) is 9.48 Å². The zero-order chi connectivity index (χ0) is 27.4. The van der Waals surface area contributed by atoms with Crippen molar-refractivity contribution in [2.75, 3.05) is 11.6 Å². The molecular formula is C23H23F7N4O2S. The van der Waals surface area contributed by atoms with Crippen molar-refractivity contribution in [1.29, 1.82) is 4.78 Å². The summed E-state index contributed by atoms with van der Waals surface area (Å²) in [6.07, 6.45) is -5.87. The maximum atomic E-state index is 14.4. The molecule has 1 atom stereocenters. The van der Waals surface area contributed by atoms with E-state index in [1.54, 1.807) is 0 Å². The van der Waals surface area contributed by atoms with Crippen molar-refractivity contribution >= 4 is 21.3 Å². The molecule has 4 saturated carbocycles. The zero-order valence-electron chi connectivity index (χ0n) is 19.7. The summed E-state index contributed by atoms with van der Waals surface area (Å²) in [6, 6.07) is 2.73. The molecule has 0 saturated heterocycles. The van der Waals surface area contributed by atoms with Crippen molar-refractivity contribution in [2.24, 2.45) is 5.41 Å². The Morgan fingerprint density at radius 3 is 2.24 bits per heavy atom. The molecule has 0 spiro atoms. The Kier molecular flexibility index (Phi) is 5.25. The number of nitrogens with zero attached hydrogens (tertiary/aromatic N) is 2. The highest BCUT2D eigenvalue weighted by Crippen LogP contribution is 2.70. The lowest BCUT2D eigenvalue weighted by Gasteiger charge is -2.65. The molecule has 2 bridgehead atoms. The van der Waals surface area contributed by atoms with Crippen LogP contribution in [0.4, 0.5) is 36.4 Å². The Balaban J connectivity index is 1.58. The van der Waals surface area contributed by atoms with E-state index in [0.717, 1.165) is 29.1 Å². The Labute approximate surface area is 207 Å². The highest BCUT2D eigenvalue weighted by molar-refractivity contribution is 7.91. The fourth-order valence-electron chi connectivity index (χ4n) is 6.10. The lowest BCUT2D eigenvalue weighted by Crippen LogP contribution is -2.67. The highest BCUT2D eigenvalue weighted by Gasteiger charge is 2.72. The van der Waals surface area contributed by atoms with Crippen molar-refractivity contribution < 1.29 is 39.7 Å². The minimum absolute atomic E-state index is 0.174. The SMILES string of the molecule is CC1(Cn2nc(C34CC(F)(C3)C4)c(C(F)(F)F)c2C(=O)Nc2ccc(F)c([S@](C)(=N)=O)c2)CC(F)(F)C1. The second-order valence-electron chi connectivity index (χ2n) is 11.2. The van der Waals surface area contributed by atoms with Crippen molar-refractivity contribution in [3.8, 4) is 0 Å². The van der Waals surface area contributed by atoms with Crippen LogP contribution in [0.3, 0.4) is 0 Å². The Hall–Kier alpha value is -2.64. The normalized spacial score (nSPS) is 28.9. The number of nitrogens with one attached hydrogen (secondary N) is 2. The fourth-order valence-corrected chi connectivity index (χ4v) is 6.89. The average molecular weight is 553 g/mol. The third-order valence-electron chi connectivity index (χ3n) is 7.43. The minimum Gasteiger partial charge on any atom is -0.321 e. The number of alkyl halides is 6. The molecule has 0 radical (unpaired) electrons. The van der Waals surface area contributed by atoms with E-state index in [9.17, 15) is 39.7 Å². The van der Waals surface area contributed by atoms with Gasteiger partial charge in [0, 0.05) is 36.7 Å². The summed E-state index contributed by atoms with van der Waals surface area (Å²) in [7, 11) is -3.57. The zero-order valence-corrected chi connectivity index (χ0v) is 20.6. The molecule has 1 heterocycles. The van der Waals surface area contributed by atoms with Crippen molar-refractivity contribution in [2.45, 2.75) is 73.7 Å². The number of amides is 1. The van der Waals surface area contributed by atoms with Crippen LogP contribution in [-0.2, 0) is 27.9 Å². The number of benzene rings is 1. The van der Waals surface area contributed by atoms with Gasteiger partial charge in [-0.1, -0.05) is 6.92 Å². The number of rotatable bonds is 6. The number of anilines is 1. The maximum absolute atomic E-state index is 14.4. The van der Waals surface area contributed by atoms with Gasteiger partial charge in [-0.15, -0.1) is 0 Å². The van der Waals surface area contributed by atoms with E-state index in [1.807, 2.05) is 0 Å². The van der Waals surface area contributed by atoms with Crippen LogP contribution in [0.2, 0.25) is 0 Å². The second-order valence-corrected chi connectivity index (χ2v) is 13.3. The number of aromatic nitrogens is 2. The van der Waals surface area contributed by atoms with Crippen molar-refractivity contribution in [3.05, 3.63) is 41.0 Å². The van der Waals surface area contributed by atoms with Gasteiger partial charge in [-0.05, 0) is 42.9 Å². The van der Waals surface area contributed by atoms with Gasteiger partial charge >= 0.3 is 6.18 Å². The summed E-state index contributed by atoms with van der Waals surface area (Å²) >= 11 is 0. The van der Waals surface area contributed by atoms with Gasteiger partial charge in [0.1, 0.15) is 22.7 Å². The predicted molar refractivity (Wildman–Crippen MR) is 118 cm³/mol. The summed E-state index contributed by atoms with van der Waals surface area (Å²) in [6.45, 7) is 1.05. The van der Waals surface area contributed by atoms with Crippen molar-refractivity contribution in [3.63, 3.8) is 0 Å². The van der Waals surface area contributed by atoms with Gasteiger partial charge in [0.05, 0.1) is 20.3 Å². The molecule has 2 N–H and O–H groups in total. The molecule has 1 aromatic carbocycles. The molecule has 0 aliphatic heterocycles. The third-order valence-corrected chi connectivity index (χ3v) is 8.58. The largest absolute Gasteiger partial charge is 0.420 e. The van der Waals surface area contributed by atoms with Crippen LogP contribution in [-0.4, -0.2) is 37.7 Å². The smallest absolute Gasteiger partial charge is 0.321 e. The van der Waals surface area contributed by atoms with Gasteiger partial charge in [0.2, 0.25) is 5.92 Å². The first-order valence-electron chi connectivity index (χ1n) is 11.4. The summed E-state index contributed by atoms with van der Waals surface area (Å²) in [5, 5.41) is 6.29. The number of hydrogen-bond acceptors (Lipinski definition) is 4. The minimum atomic E-state index is -5.07. The van der Waals surface area contributed by atoms with Crippen LogP contribution in [0, 0.1) is 16.0 Å². The molecule has 37 heavy (non-hydrogen) atoms. The summed E-state index contributed by atoms with van der Waals surface area (Å²) in [5.41, 5.74) is -6.87. The van der Waals surface area contributed by atoms with Crippen LogP contribution in [0.25, 0.3) is 0 Å². The molecule has 202 valence electrons. The molecular weight excluding hydrogens is 529 g/mol. The molecule has 1 amide bonds. The summed E-state index contributed by atoms with van der Waals surface area (Å²) in [4.78, 5) is 12.7. The van der Waals surface area contributed by atoms with Gasteiger partial charge in [-0.25, -0.2) is 26.6 Å². The molecule has 0 unspecified atom stereocenters. The van der Waals surface area contributed by atoms with Crippen molar-refractivity contribution in [1.82, 2.24) is 9.78 Å². The fraction of sp³-hybridized carbons (Fsp3) is 0.565. The monoisotopic (exact) mass is 552 g/mol. The highest BCUT2D eigenvalue weighted by atomic mass is 32.2. The van der Waals surface area contributed by atoms with Crippen LogP contribution >= 0.6 is 0 Å². The summed E-state index contributed by atoms with van der Waals surface area (Å²) < 4.78 is 119. The van der Waals surface area contributed by atoms with E-state index in [2.05, 4.69) is 10.4 Å². The summed E-state index contributed by atoms with van der Waals surface area (Å²) in [5.74, 6) is -5.28. The standard InChI is InChI=1S/C23H23F7N4O2S/c1-19(6-22(26,27)7-19)11-34-16(18(35)32-12-3-4-13(24)14(5-12)37(2,31)36)15(23(28,29)30)17(33-34)20-8-21(25,9-20)10-20/h3-5,31H,6-11H2,1-2H3,(H,32,35)/t20?,21?,37-/m1/s1. The van der Waals surface area contributed by atoms with E-state index in [1.165, 1.54) is 6.92 Å². The Morgan fingerprint density at radius 2 is 1.76 bits per heavy atom. The Morgan fingerprint density at radius 1 is 1.16 bits per heavy atom. The maximum Gasteiger partial charge on any atom is 0.420 e. The topological polar surface area (TPSA) is 87.8 Å². The molecule has 4 aliphatic carbocycles. The molecule has 4 fully saturated rings. The van der Waals surface area contributed by atoms with Crippen LogP contribution in [0.1, 0.15) is 60.8 Å². The molecule has 2 aromatic rings. The van der Waals surface area contributed by atoms with E-state index in [4.69, 9.17) is 4.78 Å². The quantitative estimate of drug-likeness (QED) is 0.437. The van der Waals surface area contributed by atoms with E-state index < -0.39 is 91.3 Å². The lowest BCUT2D eigenvalue weighted by atomic mass is 9.41. The third kappa shape index (κ3) is 4.30. The average Bonchev–Trinajstić information content (AvgIpc) is 3.02. The van der Waals surface area contributed by atoms with Gasteiger partial charge in [-0.2, -0.15) is 18.3 Å². The molecule has 4 aliphatic rings. The van der Waals surface area contributed by atoms with E-state index in [-0.39, 0.29) is 24.9 Å². The first-order chi connectivity index (χ1) is 16.8. The number of carbonyl (C=O) groups excluding carboxylic acids is 1. The lowest BCUT2D eigenvalue weighted by molar-refractivity contribution is -0.170. The number of halogens is 7. The molecule has 1 aromatic heterocycles. The Bertz CT molecular complexity index is 1400. The number of carbonyl (C=O) groups is 1. The molecule has 14 heteroatoms. The van der Waals surface area contributed by atoms with Gasteiger partial charge < -0.3 is 5.32 Å². The second kappa shape index (κ2) is 7.48. The predicted octanol–water partition coefficient (Wildman–Crippen LogP) is 5.91. The molecule has 6 rings (SSSR count). The first-order valence-corrected chi connectivity index (χ1v) is 13.3.